The first-order valence-electron chi connectivity index (χ1n) is 4.18. The molecule has 0 aliphatic carbocycles. The highest BCUT2D eigenvalue weighted by molar-refractivity contribution is 5.39. The minimum absolute atomic E-state index is 0.134. The number of methoxy groups -OCH3 is 1. The molecule has 0 fully saturated rings. The molecule has 0 saturated carbocycles. The summed E-state index contributed by atoms with van der Waals surface area (Å²) in [6, 6.07) is 1.92. The number of rotatable bonds is 2. The molecule has 0 spiro atoms. The van der Waals surface area contributed by atoms with Gasteiger partial charge in [0.15, 0.2) is 0 Å². The maximum atomic E-state index is 13.4. The van der Waals surface area contributed by atoms with Gasteiger partial charge in [0, 0.05) is 23.2 Å². The van der Waals surface area contributed by atoms with E-state index in [2.05, 4.69) is 0 Å². The summed E-state index contributed by atoms with van der Waals surface area (Å²) in [6.07, 6.45) is 0. The first kappa shape index (κ1) is 10.9. The Balaban J connectivity index is 3.40. The Morgan fingerprint density at radius 2 is 1.86 bits per heavy atom. The normalized spacial score (nSPS) is 11.6. The van der Waals surface area contributed by atoms with Gasteiger partial charge in [-0.25, -0.2) is 8.78 Å². The molecular formula is C10H13F2NO. The van der Waals surface area contributed by atoms with Crippen LogP contribution in [0.15, 0.2) is 12.1 Å². The molecule has 78 valence electrons. The summed E-state index contributed by atoms with van der Waals surface area (Å²) in [5.41, 5.74) is 5.02. The van der Waals surface area contributed by atoms with Crippen LogP contribution in [0.1, 0.15) is 19.4 Å². The number of nitrogens with two attached hydrogens (primary N) is 1. The predicted octanol–water partition coefficient (Wildman–Crippen LogP) is 2.17. The Morgan fingerprint density at radius 1 is 1.29 bits per heavy atom. The van der Waals surface area contributed by atoms with E-state index in [-0.39, 0.29) is 11.3 Å². The van der Waals surface area contributed by atoms with E-state index in [1.165, 1.54) is 7.11 Å². The summed E-state index contributed by atoms with van der Waals surface area (Å²) in [6.45, 7) is 3.26. The van der Waals surface area contributed by atoms with Crippen molar-refractivity contribution in [2.75, 3.05) is 7.11 Å². The number of hydrogen-bond acceptors (Lipinski definition) is 2. The molecule has 0 aromatic heterocycles. The van der Waals surface area contributed by atoms with E-state index in [1.54, 1.807) is 13.8 Å². The van der Waals surface area contributed by atoms with Crippen molar-refractivity contribution >= 4 is 0 Å². The van der Waals surface area contributed by atoms with Crippen LogP contribution >= 0.6 is 0 Å². The zero-order valence-electron chi connectivity index (χ0n) is 8.40. The second kappa shape index (κ2) is 3.53. The lowest BCUT2D eigenvalue weighted by Gasteiger charge is -2.22. The fraction of sp³-hybridized carbons (Fsp3) is 0.400. The standard InChI is InChI=1S/C10H13F2NO/c1-10(2,13)9-7(12)4-6(11)5-8(9)14-3/h4-5H,13H2,1-3H3. The lowest BCUT2D eigenvalue weighted by atomic mass is 9.94. The Kier molecular flexibility index (Phi) is 2.76. The molecule has 0 amide bonds. The highest BCUT2D eigenvalue weighted by atomic mass is 19.1. The molecule has 0 radical (unpaired) electrons. The Bertz CT molecular complexity index is 345. The first-order valence-corrected chi connectivity index (χ1v) is 4.18. The molecule has 0 aliphatic heterocycles. The minimum atomic E-state index is -0.900. The van der Waals surface area contributed by atoms with Crippen molar-refractivity contribution in [1.82, 2.24) is 0 Å². The van der Waals surface area contributed by atoms with Gasteiger partial charge in [0.05, 0.1) is 7.11 Å². The van der Waals surface area contributed by atoms with E-state index in [4.69, 9.17) is 10.5 Å². The van der Waals surface area contributed by atoms with Gasteiger partial charge in [-0.1, -0.05) is 0 Å². The van der Waals surface area contributed by atoms with Gasteiger partial charge >= 0.3 is 0 Å². The van der Waals surface area contributed by atoms with Gasteiger partial charge in [0.25, 0.3) is 0 Å². The average Bonchev–Trinajstić information content (AvgIpc) is 1.99. The molecule has 0 aliphatic rings. The Hall–Kier alpha value is -1.16. The fourth-order valence-electron chi connectivity index (χ4n) is 1.34. The molecular weight excluding hydrogens is 188 g/mol. The Labute approximate surface area is 81.7 Å². The van der Waals surface area contributed by atoms with Crippen molar-refractivity contribution in [3.8, 4) is 5.75 Å². The SMILES string of the molecule is COc1cc(F)cc(F)c1C(C)(C)N. The van der Waals surface area contributed by atoms with Crippen molar-refractivity contribution in [1.29, 1.82) is 0 Å². The second-order valence-electron chi connectivity index (χ2n) is 3.69. The van der Waals surface area contributed by atoms with Crippen LogP contribution in [0, 0.1) is 11.6 Å². The van der Waals surface area contributed by atoms with Crippen LogP contribution in [0.2, 0.25) is 0 Å². The first-order chi connectivity index (χ1) is 6.36. The summed E-state index contributed by atoms with van der Waals surface area (Å²) in [4.78, 5) is 0. The van der Waals surface area contributed by atoms with E-state index in [0.29, 0.717) is 0 Å². The number of hydrogen-bond donors (Lipinski definition) is 1. The van der Waals surface area contributed by atoms with Gasteiger partial charge < -0.3 is 10.5 Å². The van der Waals surface area contributed by atoms with Crippen LogP contribution in [0.4, 0.5) is 8.78 Å². The van der Waals surface area contributed by atoms with E-state index in [0.717, 1.165) is 12.1 Å². The van der Waals surface area contributed by atoms with E-state index >= 15 is 0 Å². The molecule has 0 atom stereocenters. The van der Waals surface area contributed by atoms with Crippen LogP contribution in [-0.4, -0.2) is 7.11 Å². The van der Waals surface area contributed by atoms with E-state index < -0.39 is 17.2 Å². The van der Waals surface area contributed by atoms with Gasteiger partial charge in [-0.3, -0.25) is 0 Å². The number of benzene rings is 1. The maximum Gasteiger partial charge on any atom is 0.134 e. The van der Waals surface area contributed by atoms with Gasteiger partial charge in [0.1, 0.15) is 17.4 Å². The molecule has 0 bridgehead atoms. The van der Waals surface area contributed by atoms with Crippen molar-refractivity contribution in [2.24, 2.45) is 5.73 Å². The zero-order chi connectivity index (χ0) is 10.9. The monoisotopic (exact) mass is 201 g/mol. The van der Waals surface area contributed by atoms with Crippen LogP contribution in [0.3, 0.4) is 0 Å². The van der Waals surface area contributed by atoms with E-state index in [9.17, 15) is 8.78 Å². The molecule has 1 aromatic carbocycles. The number of ether oxygens (including phenoxy) is 1. The number of halogens is 2. The minimum Gasteiger partial charge on any atom is -0.496 e. The summed E-state index contributed by atoms with van der Waals surface area (Å²) >= 11 is 0. The van der Waals surface area contributed by atoms with Gasteiger partial charge in [-0.2, -0.15) is 0 Å². The van der Waals surface area contributed by atoms with Crippen molar-refractivity contribution in [3.63, 3.8) is 0 Å². The summed E-state index contributed by atoms with van der Waals surface area (Å²) in [5.74, 6) is -1.23. The second-order valence-corrected chi connectivity index (χ2v) is 3.69. The topological polar surface area (TPSA) is 35.2 Å². The molecule has 0 saturated heterocycles. The van der Waals surface area contributed by atoms with Gasteiger partial charge in [-0.05, 0) is 13.8 Å². The third-order valence-electron chi connectivity index (χ3n) is 1.88. The largest absolute Gasteiger partial charge is 0.496 e. The summed E-state index contributed by atoms with van der Waals surface area (Å²) in [7, 11) is 1.35. The quantitative estimate of drug-likeness (QED) is 0.795. The summed E-state index contributed by atoms with van der Waals surface area (Å²) in [5, 5.41) is 0. The average molecular weight is 201 g/mol. The molecule has 0 heterocycles. The smallest absolute Gasteiger partial charge is 0.134 e. The highest BCUT2D eigenvalue weighted by Gasteiger charge is 2.24. The predicted molar refractivity (Wildman–Crippen MR) is 50.1 cm³/mol. The molecule has 4 heteroatoms. The fourth-order valence-corrected chi connectivity index (χ4v) is 1.34. The maximum absolute atomic E-state index is 13.4. The van der Waals surface area contributed by atoms with Crippen molar-refractivity contribution < 1.29 is 13.5 Å². The molecule has 14 heavy (non-hydrogen) atoms. The van der Waals surface area contributed by atoms with Crippen molar-refractivity contribution in [2.45, 2.75) is 19.4 Å². The van der Waals surface area contributed by atoms with Crippen LogP contribution < -0.4 is 10.5 Å². The van der Waals surface area contributed by atoms with Crippen LogP contribution in [-0.2, 0) is 5.54 Å². The van der Waals surface area contributed by atoms with Gasteiger partial charge in [-0.15, -0.1) is 0 Å². The van der Waals surface area contributed by atoms with Crippen molar-refractivity contribution in [3.05, 3.63) is 29.3 Å². The highest BCUT2D eigenvalue weighted by Crippen LogP contribution is 2.31. The van der Waals surface area contributed by atoms with Crippen LogP contribution in [0.5, 0.6) is 5.75 Å². The zero-order valence-corrected chi connectivity index (χ0v) is 8.40. The lowest BCUT2D eigenvalue weighted by Crippen LogP contribution is -2.30. The molecule has 0 unspecified atom stereocenters. The van der Waals surface area contributed by atoms with Gasteiger partial charge in [0.2, 0.25) is 0 Å². The third kappa shape index (κ3) is 2.01. The molecule has 1 rings (SSSR count). The van der Waals surface area contributed by atoms with Crippen LogP contribution in [0.25, 0.3) is 0 Å². The Morgan fingerprint density at radius 3 is 2.29 bits per heavy atom. The van der Waals surface area contributed by atoms with E-state index in [1.807, 2.05) is 0 Å². The summed E-state index contributed by atoms with van der Waals surface area (Å²) < 4.78 is 31.1. The third-order valence-corrected chi connectivity index (χ3v) is 1.88. The lowest BCUT2D eigenvalue weighted by molar-refractivity contribution is 0.379. The molecule has 2 nitrogen and oxygen atoms in total. The molecule has 2 N–H and O–H groups in total. The molecule has 1 aromatic rings.